The third kappa shape index (κ3) is 2.34. The number of pyridine rings is 1. The molecule has 0 aliphatic heterocycles. The van der Waals surface area contributed by atoms with Gasteiger partial charge in [-0.25, -0.2) is 18.2 Å². The number of rotatable bonds is 2. The van der Waals surface area contributed by atoms with Crippen LogP contribution in [0.15, 0.2) is 17.2 Å². The van der Waals surface area contributed by atoms with Crippen molar-refractivity contribution >= 4 is 27.4 Å². The zero-order valence-electron chi connectivity index (χ0n) is 7.69. The maximum Gasteiger partial charge on any atom is 0.502 e. The standard InChI is InChI=1S/C7H3ClF3NO4S/c8-5-4(17(15,16)7(9,10)11)3(6(13)14)1-2-12-5/h1-2H,(H,13,14). The molecule has 1 aromatic rings. The minimum absolute atomic E-state index is 0.618. The van der Waals surface area contributed by atoms with Crippen LogP contribution in [0.1, 0.15) is 10.4 Å². The predicted octanol–water partition coefficient (Wildman–Crippen LogP) is 1.73. The van der Waals surface area contributed by atoms with E-state index in [2.05, 4.69) is 4.98 Å². The van der Waals surface area contributed by atoms with E-state index in [1.165, 1.54) is 0 Å². The SMILES string of the molecule is O=C(O)c1ccnc(Cl)c1S(=O)(=O)C(F)(F)F. The minimum atomic E-state index is -5.86. The van der Waals surface area contributed by atoms with Crippen molar-refractivity contribution in [1.82, 2.24) is 4.98 Å². The Morgan fingerprint density at radius 3 is 2.35 bits per heavy atom. The molecule has 0 spiro atoms. The van der Waals surface area contributed by atoms with Gasteiger partial charge in [-0.2, -0.15) is 13.2 Å². The fraction of sp³-hybridized carbons (Fsp3) is 0.143. The molecule has 1 heterocycles. The molecule has 1 aromatic heterocycles. The lowest BCUT2D eigenvalue weighted by Crippen LogP contribution is -2.26. The highest BCUT2D eigenvalue weighted by molar-refractivity contribution is 7.92. The topological polar surface area (TPSA) is 84.3 Å². The van der Waals surface area contributed by atoms with Crippen LogP contribution in [0.3, 0.4) is 0 Å². The van der Waals surface area contributed by atoms with E-state index >= 15 is 0 Å². The van der Waals surface area contributed by atoms with Crippen molar-refractivity contribution < 1.29 is 31.5 Å². The maximum absolute atomic E-state index is 12.3. The summed E-state index contributed by atoms with van der Waals surface area (Å²) < 4.78 is 59.0. The summed E-state index contributed by atoms with van der Waals surface area (Å²) in [5.41, 5.74) is -6.73. The number of alkyl halides is 3. The summed E-state index contributed by atoms with van der Waals surface area (Å²) in [5, 5.41) is 7.56. The Kier molecular flexibility index (Phi) is 3.35. The molecule has 0 saturated heterocycles. The van der Waals surface area contributed by atoms with E-state index in [0.29, 0.717) is 6.07 Å². The predicted molar refractivity (Wildman–Crippen MR) is 49.4 cm³/mol. The average Bonchev–Trinajstić information content (AvgIpc) is 2.14. The molecule has 0 fully saturated rings. The molecule has 1 rings (SSSR count). The smallest absolute Gasteiger partial charge is 0.478 e. The van der Waals surface area contributed by atoms with Gasteiger partial charge in [0.2, 0.25) is 0 Å². The number of halogens is 4. The van der Waals surface area contributed by atoms with Crippen LogP contribution in [-0.4, -0.2) is 30.0 Å². The van der Waals surface area contributed by atoms with Crippen molar-refractivity contribution in [3.63, 3.8) is 0 Å². The Bertz CT molecular complexity index is 569. The lowest BCUT2D eigenvalue weighted by Gasteiger charge is -2.11. The first kappa shape index (κ1) is 13.7. The van der Waals surface area contributed by atoms with Gasteiger partial charge in [0.1, 0.15) is 10.0 Å². The highest BCUT2D eigenvalue weighted by Gasteiger charge is 2.50. The second-order valence-corrected chi connectivity index (χ2v) is 4.97. The van der Waals surface area contributed by atoms with Crippen molar-refractivity contribution in [2.24, 2.45) is 0 Å². The van der Waals surface area contributed by atoms with E-state index in [1.807, 2.05) is 0 Å². The number of hydrogen-bond donors (Lipinski definition) is 1. The fourth-order valence-electron chi connectivity index (χ4n) is 0.962. The number of aromatic nitrogens is 1. The summed E-state index contributed by atoms with van der Waals surface area (Å²) >= 11 is 5.21. The van der Waals surface area contributed by atoms with Gasteiger partial charge in [0, 0.05) is 6.20 Å². The first-order valence-corrected chi connectivity index (χ1v) is 5.64. The Morgan fingerprint density at radius 1 is 1.41 bits per heavy atom. The van der Waals surface area contributed by atoms with E-state index in [0.717, 1.165) is 6.20 Å². The highest BCUT2D eigenvalue weighted by atomic mass is 35.5. The average molecular weight is 290 g/mol. The number of carboxylic acids is 1. The summed E-state index contributed by atoms with van der Waals surface area (Å²) in [4.78, 5) is 12.2. The van der Waals surface area contributed by atoms with Crippen LogP contribution in [0.5, 0.6) is 0 Å². The van der Waals surface area contributed by atoms with Gasteiger partial charge in [-0.1, -0.05) is 11.6 Å². The summed E-state index contributed by atoms with van der Waals surface area (Å²) in [7, 11) is -5.86. The quantitative estimate of drug-likeness (QED) is 0.838. The molecule has 0 unspecified atom stereocenters. The number of carboxylic acid groups (broad SMARTS) is 1. The molecule has 0 saturated carbocycles. The van der Waals surface area contributed by atoms with E-state index in [1.54, 1.807) is 0 Å². The molecule has 10 heteroatoms. The van der Waals surface area contributed by atoms with Crippen LogP contribution >= 0.6 is 11.6 Å². The molecule has 1 N–H and O–H groups in total. The first-order valence-electron chi connectivity index (χ1n) is 3.78. The van der Waals surface area contributed by atoms with Crippen LogP contribution in [0.4, 0.5) is 13.2 Å². The normalized spacial score (nSPS) is 12.5. The van der Waals surface area contributed by atoms with Gasteiger partial charge in [0.05, 0.1) is 5.56 Å². The molecule has 0 radical (unpaired) electrons. The number of sulfone groups is 1. The third-order valence-electron chi connectivity index (χ3n) is 1.66. The van der Waals surface area contributed by atoms with Crippen LogP contribution in [0, 0.1) is 0 Å². The van der Waals surface area contributed by atoms with E-state index in [9.17, 15) is 26.4 Å². The van der Waals surface area contributed by atoms with Gasteiger partial charge in [0.15, 0.2) is 0 Å². The van der Waals surface area contributed by atoms with Gasteiger partial charge in [-0.05, 0) is 6.07 Å². The van der Waals surface area contributed by atoms with Crippen molar-refractivity contribution in [1.29, 1.82) is 0 Å². The monoisotopic (exact) mass is 289 g/mol. The van der Waals surface area contributed by atoms with Crippen molar-refractivity contribution in [2.75, 3.05) is 0 Å². The van der Waals surface area contributed by atoms with Crippen LogP contribution in [-0.2, 0) is 9.84 Å². The second-order valence-electron chi connectivity index (χ2n) is 2.73. The lowest BCUT2D eigenvalue weighted by atomic mass is 10.3. The minimum Gasteiger partial charge on any atom is -0.478 e. The molecule has 5 nitrogen and oxygen atoms in total. The van der Waals surface area contributed by atoms with Crippen LogP contribution < -0.4 is 0 Å². The highest BCUT2D eigenvalue weighted by Crippen LogP contribution is 2.35. The van der Waals surface area contributed by atoms with Gasteiger partial charge >= 0.3 is 11.5 Å². The Labute approximate surface area is 97.8 Å². The van der Waals surface area contributed by atoms with Crippen molar-refractivity contribution in [3.05, 3.63) is 23.0 Å². The summed E-state index contributed by atoms with van der Waals surface area (Å²) in [6, 6.07) is 0.618. The first-order chi connectivity index (χ1) is 7.59. The Balaban J connectivity index is 3.68. The number of aromatic carboxylic acids is 1. The summed E-state index contributed by atoms with van der Waals surface area (Å²) in [5.74, 6) is -1.85. The largest absolute Gasteiger partial charge is 0.502 e. The molecule has 17 heavy (non-hydrogen) atoms. The van der Waals surface area contributed by atoms with Crippen LogP contribution in [0.2, 0.25) is 5.15 Å². The molecule has 94 valence electrons. The van der Waals surface area contributed by atoms with Crippen molar-refractivity contribution in [3.8, 4) is 0 Å². The molecule has 0 aliphatic carbocycles. The molecular formula is C7H3ClF3NO4S. The van der Waals surface area contributed by atoms with E-state index in [4.69, 9.17) is 16.7 Å². The fourth-order valence-corrected chi connectivity index (χ4v) is 2.38. The number of carbonyl (C=O) groups is 1. The third-order valence-corrected chi connectivity index (χ3v) is 3.62. The molecular weight excluding hydrogens is 287 g/mol. The van der Waals surface area contributed by atoms with Crippen LogP contribution in [0.25, 0.3) is 0 Å². The van der Waals surface area contributed by atoms with Gasteiger partial charge in [0.25, 0.3) is 9.84 Å². The summed E-state index contributed by atoms with van der Waals surface area (Å²) in [6.45, 7) is 0. The number of nitrogens with zero attached hydrogens (tertiary/aromatic N) is 1. The van der Waals surface area contributed by atoms with Gasteiger partial charge in [-0.3, -0.25) is 0 Å². The lowest BCUT2D eigenvalue weighted by molar-refractivity contribution is -0.0436. The molecule has 0 aliphatic rings. The second kappa shape index (κ2) is 4.15. The van der Waals surface area contributed by atoms with E-state index in [-0.39, 0.29) is 0 Å². The Morgan fingerprint density at radius 2 is 1.94 bits per heavy atom. The molecule has 0 aromatic carbocycles. The zero-order chi connectivity index (χ0) is 13.4. The molecule has 0 bridgehead atoms. The molecule has 0 atom stereocenters. The van der Waals surface area contributed by atoms with E-state index < -0.39 is 36.9 Å². The Hall–Kier alpha value is -1.35. The zero-order valence-corrected chi connectivity index (χ0v) is 9.27. The van der Waals surface area contributed by atoms with Crippen molar-refractivity contribution in [2.45, 2.75) is 10.4 Å². The van der Waals surface area contributed by atoms with Gasteiger partial charge in [-0.15, -0.1) is 0 Å². The van der Waals surface area contributed by atoms with Gasteiger partial charge < -0.3 is 5.11 Å². The number of hydrogen-bond acceptors (Lipinski definition) is 4. The maximum atomic E-state index is 12.3. The summed E-state index contributed by atoms with van der Waals surface area (Å²) in [6.07, 6.45) is 0.793. The molecule has 0 amide bonds.